The summed E-state index contributed by atoms with van der Waals surface area (Å²) in [7, 11) is 2.26. The van der Waals surface area contributed by atoms with Gasteiger partial charge in [-0.05, 0) is 71.2 Å². The zero-order chi connectivity index (χ0) is 11.2. The van der Waals surface area contributed by atoms with Crippen LogP contribution in [-0.4, -0.2) is 50.7 Å². The predicted molar refractivity (Wildman–Crippen MR) is 68.7 cm³/mol. The Hall–Kier alpha value is -0.120. The second kappa shape index (κ2) is 6.58. The van der Waals surface area contributed by atoms with Gasteiger partial charge in [0.1, 0.15) is 0 Å². The number of likely N-dealkylation sites (tertiary alicyclic amines) is 1. The van der Waals surface area contributed by atoms with Gasteiger partial charge < -0.3 is 15.5 Å². The van der Waals surface area contributed by atoms with Crippen LogP contribution in [0, 0.1) is 5.92 Å². The first-order chi connectivity index (χ1) is 7.84. The fourth-order valence-electron chi connectivity index (χ4n) is 3.03. The van der Waals surface area contributed by atoms with E-state index < -0.39 is 0 Å². The maximum absolute atomic E-state index is 3.73. The van der Waals surface area contributed by atoms with E-state index in [9.17, 15) is 0 Å². The molecular formula is C13H27N3. The first kappa shape index (κ1) is 12.3. The molecule has 1 atom stereocenters. The fraction of sp³-hybridized carbons (Fsp3) is 1.00. The van der Waals surface area contributed by atoms with Crippen LogP contribution in [0.1, 0.15) is 32.1 Å². The summed E-state index contributed by atoms with van der Waals surface area (Å²) in [6.07, 6.45) is 6.83. The van der Waals surface area contributed by atoms with Crippen molar-refractivity contribution in [3.8, 4) is 0 Å². The molecule has 3 nitrogen and oxygen atoms in total. The molecule has 94 valence electrons. The highest BCUT2D eigenvalue weighted by Crippen LogP contribution is 2.17. The Kier molecular flexibility index (Phi) is 5.07. The molecule has 0 spiro atoms. The van der Waals surface area contributed by atoms with Crippen LogP contribution >= 0.6 is 0 Å². The van der Waals surface area contributed by atoms with Gasteiger partial charge in [-0.2, -0.15) is 0 Å². The molecule has 0 aromatic carbocycles. The summed E-state index contributed by atoms with van der Waals surface area (Å²) in [6, 6.07) is 0.780. The average molecular weight is 225 g/mol. The highest BCUT2D eigenvalue weighted by molar-refractivity contribution is 4.76. The van der Waals surface area contributed by atoms with Crippen molar-refractivity contribution in [2.24, 2.45) is 5.92 Å². The minimum Gasteiger partial charge on any atom is -0.317 e. The van der Waals surface area contributed by atoms with Crippen molar-refractivity contribution in [3.05, 3.63) is 0 Å². The first-order valence-electron chi connectivity index (χ1n) is 6.97. The molecule has 2 fully saturated rings. The lowest BCUT2D eigenvalue weighted by molar-refractivity contribution is 0.199. The molecule has 0 bridgehead atoms. The first-order valence-corrected chi connectivity index (χ1v) is 6.97. The van der Waals surface area contributed by atoms with Crippen molar-refractivity contribution < 1.29 is 0 Å². The van der Waals surface area contributed by atoms with E-state index in [2.05, 4.69) is 22.6 Å². The summed E-state index contributed by atoms with van der Waals surface area (Å²) < 4.78 is 0. The van der Waals surface area contributed by atoms with E-state index in [1.54, 1.807) is 0 Å². The Morgan fingerprint density at radius 2 is 2.06 bits per heavy atom. The molecular weight excluding hydrogens is 198 g/mol. The van der Waals surface area contributed by atoms with Crippen molar-refractivity contribution in [3.63, 3.8) is 0 Å². The van der Waals surface area contributed by atoms with E-state index in [-0.39, 0.29) is 0 Å². The van der Waals surface area contributed by atoms with Crippen molar-refractivity contribution in [1.29, 1.82) is 0 Å². The Labute approximate surface area is 100.0 Å². The van der Waals surface area contributed by atoms with E-state index >= 15 is 0 Å². The molecule has 0 aromatic heterocycles. The Bertz CT molecular complexity index is 190. The van der Waals surface area contributed by atoms with Gasteiger partial charge in [0.05, 0.1) is 0 Å². The van der Waals surface area contributed by atoms with E-state index in [1.807, 2.05) is 0 Å². The lowest BCUT2D eigenvalue weighted by atomic mass is 9.95. The number of hydrogen-bond donors (Lipinski definition) is 2. The topological polar surface area (TPSA) is 27.3 Å². The van der Waals surface area contributed by atoms with Crippen LogP contribution in [0.15, 0.2) is 0 Å². The van der Waals surface area contributed by atoms with Gasteiger partial charge in [0.2, 0.25) is 0 Å². The summed E-state index contributed by atoms with van der Waals surface area (Å²) in [5.74, 6) is 0.938. The number of rotatable bonds is 4. The largest absolute Gasteiger partial charge is 0.317 e. The monoisotopic (exact) mass is 225 g/mol. The third-order valence-electron chi connectivity index (χ3n) is 4.05. The lowest BCUT2D eigenvalue weighted by Crippen LogP contribution is -2.41. The zero-order valence-corrected chi connectivity index (χ0v) is 10.7. The summed E-state index contributed by atoms with van der Waals surface area (Å²) in [5.41, 5.74) is 0. The minimum absolute atomic E-state index is 0.780. The molecule has 2 aliphatic heterocycles. The molecule has 2 heterocycles. The normalized spacial score (nSPS) is 29.4. The molecule has 2 N–H and O–H groups in total. The second-order valence-corrected chi connectivity index (χ2v) is 5.54. The summed E-state index contributed by atoms with van der Waals surface area (Å²) in [4.78, 5) is 2.48. The maximum atomic E-state index is 3.73. The average Bonchev–Trinajstić information content (AvgIpc) is 2.30. The Balaban J connectivity index is 1.56. The molecule has 2 rings (SSSR count). The zero-order valence-electron chi connectivity index (χ0n) is 10.7. The molecule has 0 saturated carbocycles. The smallest absolute Gasteiger partial charge is 0.00912 e. The Morgan fingerprint density at radius 3 is 2.81 bits per heavy atom. The summed E-state index contributed by atoms with van der Waals surface area (Å²) in [5, 5.41) is 7.14. The van der Waals surface area contributed by atoms with Crippen molar-refractivity contribution >= 4 is 0 Å². The van der Waals surface area contributed by atoms with Crippen LogP contribution in [0.5, 0.6) is 0 Å². The van der Waals surface area contributed by atoms with Gasteiger partial charge in [0.15, 0.2) is 0 Å². The van der Waals surface area contributed by atoms with Gasteiger partial charge in [0, 0.05) is 12.6 Å². The van der Waals surface area contributed by atoms with Gasteiger partial charge in [-0.3, -0.25) is 0 Å². The van der Waals surface area contributed by atoms with E-state index in [4.69, 9.17) is 0 Å². The van der Waals surface area contributed by atoms with Gasteiger partial charge in [0.25, 0.3) is 0 Å². The molecule has 0 radical (unpaired) electrons. The SMILES string of the molecule is CN1CCCC(CCNC2CCNCC2)C1. The molecule has 16 heavy (non-hydrogen) atoms. The molecule has 1 unspecified atom stereocenters. The minimum atomic E-state index is 0.780. The molecule has 0 amide bonds. The van der Waals surface area contributed by atoms with Crippen LogP contribution in [0.3, 0.4) is 0 Å². The van der Waals surface area contributed by atoms with Crippen LogP contribution in [0.25, 0.3) is 0 Å². The van der Waals surface area contributed by atoms with Crippen LogP contribution < -0.4 is 10.6 Å². The van der Waals surface area contributed by atoms with Crippen molar-refractivity contribution in [1.82, 2.24) is 15.5 Å². The molecule has 2 saturated heterocycles. The third kappa shape index (κ3) is 4.04. The second-order valence-electron chi connectivity index (χ2n) is 5.54. The highest BCUT2D eigenvalue weighted by atomic mass is 15.1. The van der Waals surface area contributed by atoms with Gasteiger partial charge in [-0.15, -0.1) is 0 Å². The lowest BCUT2D eigenvalue weighted by Gasteiger charge is -2.30. The highest BCUT2D eigenvalue weighted by Gasteiger charge is 2.17. The van der Waals surface area contributed by atoms with E-state index in [0.29, 0.717) is 0 Å². The van der Waals surface area contributed by atoms with Crippen LogP contribution in [-0.2, 0) is 0 Å². The van der Waals surface area contributed by atoms with Gasteiger partial charge in [-0.25, -0.2) is 0 Å². The fourth-order valence-corrected chi connectivity index (χ4v) is 3.03. The molecule has 0 aromatic rings. The Morgan fingerprint density at radius 1 is 1.25 bits per heavy atom. The number of hydrogen-bond acceptors (Lipinski definition) is 3. The predicted octanol–water partition coefficient (Wildman–Crippen LogP) is 1.06. The number of piperidine rings is 2. The summed E-state index contributed by atoms with van der Waals surface area (Å²) >= 11 is 0. The van der Waals surface area contributed by atoms with E-state index in [1.165, 1.54) is 64.8 Å². The van der Waals surface area contributed by atoms with Crippen LogP contribution in [0.4, 0.5) is 0 Å². The van der Waals surface area contributed by atoms with Crippen molar-refractivity contribution in [2.75, 3.05) is 39.8 Å². The van der Waals surface area contributed by atoms with Crippen LogP contribution in [0.2, 0.25) is 0 Å². The quantitative estimate of drug-likeness (QED) is 0.749. The maximum Gasteiger partial charge on any atom is 0.00912 e. The van der Waals surface area contributed by atoms with Crippen molar-refractivity contribution in [2.45, 2.75) is 38.1 Å². The molecule has 3 heteroatoms. The number of nitrogens with zero attached hydrogens (tertiary/aromatic N) is 1. The van der Waals surface area contributed by atoms with Gasteiger partial charge >= 0.3 is 0 Å². The summed E-state index contributed by atoms with van der Waals surface area (Å²) in [6.45, 7) is 6.24. The standard InChI is InChI=1S/C13H27N3/c1-16-10-2-3-12(11-16)4-9-15-13-5-7-14-8-6-13/h12-15H,2-11H2,1H3. The molecule has 0 aliphatic carbocycles. The molecule has 2 aliphatic rings. The van der Waals surface area contributed by atoms with Gasteiger partial charge in [-0.1, -0.05) is 0 Å². The van der Waals surface area contributed by atoms with E-state index in [0.717, 1.165) is 12.0 Å². The number of nitrogens with one attached hydrogen (secondary N) is 2. The third-order valence-corrected chi connectivity index (χ3v) is 4.05.